The second-order valence-corrected chi connectivity index (χ2v) is 6.27. The molecule has 0 radical (unpaired) electrons. The molecule has 1 fully saturated rings. The Hall–Kier alpha value is -2.66. The van der Waals surface area contributed by atoms with Crippen LogP contribution in [0.5, 0.6) is 0 Å². The number of aliphatic hydroxyl groups excluding tert-OH is 3. The van der Waals surface area contributed by atoms with Gasteiger partial charge in [0.15, 0.2) is 23.2 Å². The minimum Gasteiger partial charge on any atom is -0.394 e. The summed E-state index contributed by atoms with van der Waals surface area (Å²) in [6.07, 6.45) is 1.21. The average molecular weight is 372 g/mol. The molecule has 0 bridgehead atoms. The van der Waals surface area contributed by atoms with Gasteiger partial charge >= 0.3 is 0 Å². The van der Waals surface area contributed by atoms with E-state index in [1.807, 2.05) is 18.2 Å². The fourth-order valence-corrected chi connectivity index (χ4v) is 3.13. The number of nitrogens with one attached hydrogen (secondary N) is 1. The van der Waals surface area contributed by atoms with Crippen molar-refractivity contribution < 1.29 is 20.1 Å². The minimum absolute atomic E-state index is 0.392. The highest BCUT2D eigenvalue weighted by Gasteiger charge is 2.44. The molecule has 4 atom stereocenters. The molecule has 4 heterocycles. The molecule has 3 aromatic rings. The Bertz CT molecular complexity index is 905. The quantitative estimate of drug-likeness (QED) is 0.450. The van der Waals surface area contributed by atoms with Crippen LogP contribution in [0.15, 0.2) is 37.1 Å². The summed E-state index contributed by atoms with van der Waals surface area (Å²) in [7, 11) is 0. The van der Waals surface area contributed by atoms with Crippen LogP contribution in [0.2, 0.25) is 0 Å². The lowest BCUT2D eigenvalue weighted by molar-refractivity contribution is -0.0511. The normalized spacial score (nSPS) is 25.1. The fourth-order valence-electron chi connectivity index (χ4n) is 3.13. The number of rotatable bonds is 6. The fraction of sp³-hybridized carbons (Fsp3) is 0.412. The van der Waals surface area contributed by atoms with Crippen LogP contribution in [0.25, 0.3) is 11.2 Å². The van der Waals surface area contributed by atoms with Gasteiger partial charge in [0, 0.05) is 24.9 Å². The van der Waals surface area contributed by atoms with Crippen LogP contribution in [0.1, 0.15) is 11.9 Å². The third-order valence-electron chi connectivity index (χ3n) is 4.55. The van der Waals surface area contributed by atoms with Crippen molar-refractivity contribution in [3.05, 3.63) is 42.7 Å². The zero-order chi connectivity index (χ0) is 18.8. The van der Waals surface area contributed by atoms with Gasteiger partial charge in [-0.3, -0.25) is 9.55 Å². The number of aromatic nitrogens is 5. The Morgan fingerprint density at radius 3 is 2.74 bits per heavy atom. The van der Waals surface area contributed by atoms with E-state index in [2.05, 4.69) is 25.3 Å². The topological polar surface area (TPSA) is 138 Å². The number of pyridine rings is 1. The number of imidazole rings is 1. The van der Waals surface area contributed by atoms with Crippen LogP contribution in [0.3, 0.4) is 0 Å². The van der Waals surface area contributed by atoms with Crippen LogP contribution in [-0.4, -0.2) is 71.3 Å². The van der Waals surface area contributed by atoms with Gasteiger partial charge in [-0.25, -0.2) is 15.0 Å². The second kappa shape index (κ2) is 7.53. The molecule has 0 spiro atoms. The third kappa shape index (κ3) is 3.35. The first-order valence-corrected chi connectivity index (χ1v) is 8.63. The van der Waals surface area contributed by atoms with Crippen molar-refractivity contribution in [1.82, 2.24) is 24.5 Å². The maximum Gasteiger partial charge on any atom is 0.167 e. The van der Waals surface area contributed by atoms with E-state index in [4.69, 9.17) is 4.74 Å². The molecule has 0 saturated carbocycles. The third-order valence-corrected chi connectivity index (χ3v) is 4.55. The molecule has 0 aliphatic carbocycles. The van der Waals surface area contributed by atoms with Crippen molar-refractivity contribution >= 4 is 17.0 Å². The Balaban J connectivity index is 1.53. The van der Waals surface area contributed by atoms with Gasteiger partial charge in [-0.2, -0.15) is 0 Å². The van der Waals surface area contributed by atoms with E-state index in [0.29, 0.717) is 23.5 Å². The number of nitrogens with zero attached hydrogens (tertiary/aromatic N) is 5. The van der Waals surface area contributed by atoms with E-state index in [-0.39, 0.29) is 0 Å². The molecule has 142 valence electrons. The molecule has 27 heavy (non-hydrogen) atoms. The first-order valence-electron chi connectivity index (χ1n) is 8.63. The number of anilines is 1. The summed E-state index contributed by atoms with van der Waals surface area (Å²) in [5.74, 6) is 0.557. The standard InChI is InChI=1S/C17H20N6O4/c24-7-11-13(25)14(26)17(27-11)23-9-22-12-15(20-8-21-16(12)23)19-6-4-10-3-1-2-5-18-10/h1-3,5,8-9,11,13-14,17,24-26H,4,6-7H2,(H,19,20,21)/t11-,13-,14-,17?/m1/s1. The van der Waals surface area contributed by atoms with Crippen LogP contribution in [0, 0.1) is 0 Å². The van der Waals surface area contributed by atoms with Gasteiger partial charge in [-0.05, 0) is 12.1 Å². The number of ether oxygens (including phenoxy) is 1. The predicted octanol–water partition coefficient (Wildman–Crippen LogP) is -0.513. The Labute approximate surface area is 154 Å². The van der Waals surface area contributed by atoms with Crippen LogP contribution < -0.4 is 5.32 Å². The maximum absolute atomic E-state index is 10.2. The lowest BCUT2D eigenvalue weighted by Gasteiger charge is -2.16. The predicted molar refractivity (Wildman–Crippen MR) is 94.8 cm³/mol. The van der Waals surface area contributed by atoms with E-state index < -0.39 is 31.1 Å². The molecule has 10 nitrogen and oxygen atoms in total. The first-order chi connectivity index (χ1) is 13.2. The van der Waals surface area contributed by atoms with Gasteiger partial charge in [0.2, 0.25) is 0 Å². The van der Waals surface area contributed by atoms with Gasteiger partial charge in [0.05, 0.1) is 12.9 Å². The summed E-state index contributed by atoms with van der Waals surface area (Å²) in [5, 5.41) is 32.7. The van der Waals surface area contributed by atoms with Crippen molar-refractivity contribution in [3.63, 3.8) is 0 Å². The highest BCUT2D eigenvalue weighted by molar-refractivity contribution is 5.82. The van der Waals surface area contributed by atoms with E-state index >= 15 is 0 Å². The van der Waals surface area contributed by atoms with Gasteiger partial charge < -0.3 is 25.4 Å². The van der Waals surface area contributed by atoms with Crippen molar-refractivity contribution in [1.29, 1.82) is 0 Å². The molecule has 10 heteroatoms. The van der Waals surface area contributed by atoms with Crippen molar-refractivity contribution in [2.24, 2.45) is 0 Å². The molecular weight excluding hydrogens is 352 g/mol. The lowest BCUT2D eigenvalue weighted by atomic mass is 10.1. The van der Waals surface area contributed by atoms with E-state index in [1.54, 1.807) is 6.20 Å². The Morgan fingerprint density at radius 2 is 2.00 bits per heavy atom. The molecule has 1 unspecified atom stereocenters. The number of hydrogen-bond donors (Lipinski definition) is 4. The summed E-state index contributed by atoms with van der Waals surface area (Å²) in [6, 6.07) is 5.76. The second-order valence-electron chi connectivity index (χ2n) is 6.27. The summed E-state index contributed by atoms with van der Waals surface area (Å²) >= 11 is 0. The van der Waals surface area contributed by atoms with Crippen LogP contribution in [0.4, 0.5) is 5.82 Å². The Kier molecular flexibility index (Phi) is 4.94. The number of fused-ring (bicyclic) bond motifs is 1. The van der Waals surface area contributed by atoms with Crippen molar-refractivity contribution in [3.8, 4) is 0 Å². The van der Waals surface area contributed by atoms with Gasteiger partial charge in [-0.1, -0.05) is 6.07 Å². The highest BCUT2D eigenvalue weighted by Crippen LogP contribution is 2.32. The highest BCUT2D eigenvalue weighted by atomic mass is 16.6. The zero-order valence-corrected chi connectivity index (χ0v) is 14.4. The van der Waals surface area contributed by atoms with E-state index in [0.717, 1.165) is 12.1 Å². The molecule has 4 rings (SSSR count). The minimum atomic E-state index is -1.20. The van der Waals surface area contributed by atoms with Gasteiger partial charge in [0.1, 0.15) is 24.6 Å². The molecule has 1 saturated heterocycles. The number of aliphatic hydroxyl groups is 3. The zero-order valence-electron chi connectivity index (χ0n) is 14.4. The van der Waals surface area contributed by atoms with Crippen molar-refractivity contribution in [2.75, 3.05) is 18.5 Å². The van der Waals surface area contributed by atoms with Crippen LogP contribution in [-0.2, 0) is 11.2 Å². The van der Waals surface area contributed by atoms with Crippen LogP contribution >= 0.6 is 0 Å². The first kappa shape index (κ1) is 17.7. The lowest BCUT2D eigenvalue weighted by Crippen LogP contribution is -2.33. The number of hydrogen-bond acceptors (Lipinski definition) is 9. The molecule has 0 aromatic carbocycles. The average Bonchev–Trinajstić information content (AvgIpc) is 3.25. The largest absolute Gasteiger partial charge is 0.394 e. The maximum atomic E-state index is 10.2. The van der Waals surface area contributed by atoms with Gasteiger partial charge in [0.25, 0.3) is 0 Å². The summed E-state index contributed by atoms with van der Waals surface area (Å²) in [6.45, 7) is 0.223. The molecule has 1 aliphatic rings. The summed E-state index contributed by atoms with van der Waals surface area (Å²) in [4.78, 5) is 17.1. The smallest absolute Gasteiger partial charge is 0.167 e. The van der Waals surface area contributed by atoms with E-state index in [1.165, 1.54) is 17.2 Å². The molecular formula is C17H20N6O4. The van der Waals surface area contributed by atoms with Gasteiger partial charge in [-0.15, -0.1) is 0 Å². The summed E-state index contributed by atoms with van der Waals surface area (Å²) in [5.41, 5.74) is 1.95. The summed E-state index contributed by atoms with van der Waals surface area (Å²) < 4.78 is 7.08. The van der Waals surface area contributed by atoms with E-state index in [9.17, 15) is 15.3 Å². The molecule has 0 amide bonds. The SMILES string of the molecule is OC[C@H]1OC(n2cnc3c(NCCc4ccccn4)ncnc32)[C@H](O)[C@@H]1O. The Morgan fingerprint density at radius 1 is 1.11 bits per heavy atom. The molecule has 4 N–H and O–H groups in total. The molecule has 1 aliphatic heterocycles. The molecule has 3 aromatic heterocycles. The monoisotopic (exact) mass is 372 g/mol. The van der Waals surface area contributed by atoms with Crippen molar-refractivity contribution in [2.45, 2.75) is 31.0 Å².